The molecule has 138 valence electrons. The molecule has 1 N–H and O–H groups in total. The summed E-state index contributed by atoms with van der Waals surface area (Å²) in [4.78, 5) is 25.2. The van der Waals surface area contributed by atoms with Gasteiger partial charge in [0.05, 0.1) is 17.1 Å². The first kappa shape index (κ1) is 19.4. The highest BCUT2D eigenvalue weighted by atomic mass is 32.2. The second kappa shape index (κ2) is 8.47. The maximum atomic E-state index is 12.5. The molecule has 1 aromatic carbocycles. The standard InChI is InChI=1S/C18H25NO5S/c1-2-25(23,24)16-8-5-14(6-9-16)12-17(20)19-11-3-4-15(13-19)7-10-18(21)22/h5-6,8-9,15H,2-4,7,10-13H2,1H3,(H,21,22). The topological polar surface area (TPSA) is 91.8 Å². The zero-order chi connectivity index (χ0) is 18.4. The molecule has 2 rings (SSSR count). The fourth-order valence-corrected chi connectivity index (χ4v) is 4.01. The van der Waals surface area contributed by atoms with E-state index in [2.05, 4.69) is 0 Å². The third-order valence-electron chi connectivity index (χ3n) is 4.66. The van der Waals surface area contributed by atoms with Crippen molar-refractivity contribution in [2.24, 2.45) is 5.92 Å². The fourth-order valence-electron chi connectivity index (χ4n) is 3.12. The Balaban J connectivity index is 1.93. The minimum Gasteiger partial charge on any atom is -0.481 e. The Kier molecular flexibility index (Phi) is 6.58. The number of carbonyl (C=O) groups excluding carboxylic acids is 1. The summed E-state index contributed by atoms with van der Waals surface area (Å²) in [7, 11) is -3.23. The number of piperidine rings is 1. The van der Waals surface area contributed by atoms with Crippen LogP contribution in [0.3, 0.4) is 0 Å². The molecule has 1 atom stereocenters. The summed E-state index contributed by atoms with van der Waals surface area (Å²) in [5.41, 5.74) is 0.785. The van der Waals surface area contributed by atoms with Crippen molar-refractivity contribution in [3.8, 4) is 0 Å². The number of nitrogens with zero attached hydrogens (tertiary/aromatic N) is 1. The number of rotatable bonds is 7. The molecule has 0 aromatic heterocycles. The predicted molar refractivity (Wildman–Crippen MR) is 94.0 cm³/mol. The number of carboxylic acid groups (broad SMARTS) is 1. The number of aliphatic carboxylic acids is 1. The van der Waals surface area contributed by atoms with Gasteiger partial charge < -0.3 is 10.0 Å². The van der Waals surface area contributed by atoms with E-state index in [0.29, 0.717) is 19.5 Å². The van der Waals surface area contributed by atoms with Crippen molar-refractivity contribution < 1.29 is 23.1 Å². The molecule has 1 heterocycles. The van der Waals surface area contributed by atoms with Crippen LogP contribution in [0.1, 0.15) is 38.2 Å². The molecule has 25 heavy (non-hydrogen) atoms. The van der Waals surface area contributed by atoms with Crippen molar-refractivity contribution in [1.29, 1.82) is 0 Å². The molecular formula is C18H25NO5S. The lowest BCUT2D eigenvalue weighted by Gasteiger charge is -2.32. The van der Waals surface area contributed by atoms with Gasteiger partial charge in [0.2, 0.25) is 5.91 Å². The third kappa shape index (κ3) is 5.56. The molecule has 0 radical (unpaired) electrons. The van der Waals surface area contributed by atoms with Gasteiger partial charge >= 0.3 is 5.97 Å². The molecule has 1 saturated heterocycles. The Morgan fingerprint density at radius 1 is 1.24 bits per heavy atom. The number of carbonyl (C=O) groups is 2. The van der Waals surface area contributed by atoms with Gasteiger partial charge in [0.1, 0.15) is 0 Å². The fraction of sp³-hybridized carbons (Fsp3) is 0.556. The monoisotopic (exact) mass is 367 g/mol. The van der Waals surface area contributed by atoms with Crippen LogP contribution in [0.25, 0.3) is 0 Å². The molecule has 1 aromatic rings. The van der Waals surface area contributed by atoms with E-state index in [-0.39, 0.29) is 35.3 Å². The van der Waals surface area contributed by atoms with Crippen LogP contribution in [0.2, 0.25) is 0 Å². The van der Waals surface area contributed by atoms with Crippen molar-refractivity contribution in [3.63, 3.8) is 0 Å². The molecule has 1 aliphatic heterocycles. The molecule has 0 bridgehead atoms. The molecule has 0 aliphatic carbocycles. The molecule has 0 spiro atoms. The lowest BCUT2D eigenvalue weighted by atomic mass is 9.93. The first-order valence-corrected chi connectivity index (χ1v) is 10.3. The van der Waals surface area contributed by atoms with E-state index in [1.165, 1.54) is 0 Å². The summed E-state index contributed by atoms with van der Waals surface area (Å²) in [5, 5.41) is 8.79. The van der Waals surface area contributed by atoms with Gasteiger partial charge in [-0.3, -0.25) is 9.59 Å². The van der Waals surface area contributed by atoms with Gasteiger partial charge in [-0.2, -0.15) is 0 Å². The zero-order valence-corrected chi connectivity index (χ0v) is 15.3. The minimum atomic E-state index is -3.23. The molecule has 6 nitrogen and oxygen atoms in total. The molecule has 0 saturated carbocycles. The Hall–Kier alpha value is -1.89. The average molecular weight is 367 g/mol. The van der Waals surface area contributed by atoms with Crippen molar-refractivity contribution in [1.82, 2.24) is 4.90 Å². The average Bonchev–Trinajstić information content (AvgIpc) is 2.60. The molecule has 1 amide bonds. The highest BCUT2D eigenvalue weighted by molar-refractivity contribution is 7.91. The number of amides is 1. The van der Waals surface area contributed by atoms with Crippen LogP contribution in [0, 0.1) is 5.92 Å². The predicted octanol–water partition coefficient (Wildman–Crippen LogP) is 2.13. The lowest BCUT2D eigenvalue weighted by Crippen LogP contribution is -2.40. The van der Waals surface area contributed by atoms with E-state index < -0.39 is 15.8 Å². The highest BCUT2D eigenvalue weighted by Gasteiger charge is 2.24. The van der Waals surface area contributed by atoms with Crippen molar-refractivity contribution in [2.45, 2.75) is 43.9 Å². The maximum Gasteiger partial charge on any atom is 0.303 e. The molecule has 1 aliphatic rings. The maximum absolute atomic E-state index is 12.5. The van der Waals surface area contributed by atoms with Crippen molar-refractivity contribution in [2.75, 3.05) is 18.8 Å². The summed E-state index contributed by atoms with van der Waals surface area (Å²) in [5.74, 6) is -0.501. The summed E-state index contributed by atoms with van der Waals surface area (Å²) in [6.45, 7) is 2.91. The van der Waals surface area contributed by atoms with E-state index in [1.54, 1.807) is 36.1 Å². The number of carboxylic acids is 1. The van der Waals surface area contributed by atoms with Crippen LogP contribution in [-0.4, -0.2) is 49.1 Å². The summed E-state index contributed by atoms with van der Waals surface area (Å²) < 4.78 is 23.6. The van der Waals surface area contributed by atoms with Gasteiger partial charge in [0, 0.05) is 19.5 Å². The number of hydrogen-bond acceptors (Lipinski definition) is 4. The van der Waals surface area contributed by atoms with E-state index in [4.69, 9.17) is 5.11 Å². The smallest absolute Gasteiger partial charge is 0.303 e. The van der Waals surface area contributed by atoms with E-state index in [0.717, 1.165) is 18.4 Å². The zero-order valence-electron chi connectivity index (χ0n) is 14.5. The molecular weight excluding hydrogens is 342 g/mol. The van der Waals surface area contributed by atoms with Gasteiger partial charge in [0.15, 0.2) is 9.84 Å². The largest absolute Gasteiger partial charge is 0.481 e. The van der Waals surface area contributed by atoms with Gasteiger partial charge in [-0.25, -0.2) is 8.42 Å². The second-order valence-electron chi connectivity index (χ2n) is 6.50. The number of likely N-dealkylation sites (tertiary alicyclic amines) is 1. The van der Waals surface area contributed by atoms with Crippen molar-refractivity contribution >= 4 is 21.7 Å². The summed E-state index contributed by atoms with van der Waals surface area (Å²) in [6, 6.07) is 6.47. The van der Waals surface area contributed by atoms with Crippen LogP contribution in [-0.2, 0) is 25.8 Å². The lowest BCUT2D eigenvalue weighted by molar-refractivity contribution is -0.137. The third-order valence-corrected chi connectivity index (χ3v) is 6.41. The second-order valence-corrected chi connectivity index (χ2v) is 8.78. The Labute approximate surface area is 148 Å². The highest BCUT2D eigenvalue weighted by Crippen LogP contribution is 2.22. The Morgan fingerprint density at radius 2 is 1.92 bits per heavy atom. The van der Waals surface area contributed by atoms with Crippen LogP contribution in [0.15, 0.2) is 29.2 Å². The van der Waals surface area contributed by atoms with Gasteiger partial charge in [-0.05, 0) is 42.9 Å². The van der Waals surface area contributed by atoms with E-state index in [9.17, 15) is 18.0 Å². The normalized spacial score (nSPS) is 18.1. The Bertz CT molecular complexity index is 711. The van der Waals surface area contributed by atoms with E-state index in [1.807, 2.05) is 0 Å². The number of benzene rings is 1. The minimum absolute atomic E-state index is 0.00567. The molecule has 7 heteroatoms. The van der Waals surface area contributed by atoms with Crippen LogP contribution < -0.4 is 0 Å². The van der Waals surface area contributed by atoms with Crippen LogP contribution in [0.4, 0.5) is 0 Å². The first-order valence-electron chi connectivity index (χ1n) is 8.63. The molecule has 1 fully saturated rings. The summed E-state index contributed by atoms with van der Waals surface area (Å²) in [6.07, 6.45) is 2.82. The van der Waals surface area contributed by atoms with Crippen molar-refractivity contribution in [3.05, 3.63) is 29.8 Å². The number of sulfone groups is 1. The van der Waals surface area contributed by atoms with E-state index >= 15 is 0 Å². The first-order chi connectivity index (χ1) is 11.8. The van der Waals surface area contributed by atoms with Crippen LogP contribution >= 0.6 is 0 Å². The summed E-state index contributed by atoms with van der Waals surface area (Å²) >= 11 is 0. The number of hydrogen-bond donors (Lipinski definition) is 1. The molecule has 1 unspecified atom stereocenters. The Morgan fingerprint density at radius 3 is 2.52 bits per heavy atom. The quantitative estimate of drug-likeness (QED) is 0.797. The van der Waals surface area contributed by atoms with Gasteiger partial charge in [-0.1, -0.05) is 19.1 Å². The SMILES string of the molecule is CCS(=O)(=O)c1ccc(CC(=O)N2CCCC(CCC(=O)O)C2)cc1. The van der Waals surface area contributed by atoms with Gasteiger partial charge in [-0.15, -0.1) is 0 Å². The van der Waals surface area contributed by atoms with Gasteiger partial charge in [0.25, 0.3) is 0 Å². The van der Waals surface area contributed by atoms with Crippen LogP contribution in [0.5, 0.6) is 0 Å².